The molecule has 1 fully saturated rings. The largest absolute Gasteiger partial charge is 0.269 e. The molecule has 4 nitrogen and oxygen atoms in total. The van der Waals surface area contributed by atoms with Crippen molar-refractivity contribution < 1.29 is 4.21 Å². The molecule has 5 heteroatoms. The van der Waals surface area contributed by atoms with Crippen molar-refractivity contribution in [2.24, 2.45) is 5.84 Å². The van der Waals surface area contributed by atoms with Gasteiger partial charge in [-0.2, -0.15) is 0 Å². The third-order valence-corrected chi connectivity index (χ3v) is 3.86. The lowest BCUT2D eigenvalue weighted by Crippen LogP contribution is -2.42. The Kier molecular flexibility index (Phi) is 2.51. The van der Waals surface area contributed by atoms with E-state index < -0.39 is 9.73 Å². The highest BCUT2D eigenvalue weighted by molar-refractivity contribution is 7.92. The summed E-state index contributed by atoms with van der Waals surface area (Å²) in [6.45, 7) is 1.54. The molecule has 0 spiro atoms. The molecule has 1 unspecified atom stereocenters. The third-order valence-electron chi connectivity index (χ3n) is 2.11. The molecule has 0 aromatic heterocycles. The number of piperidine rings is 1. The van der Waals surface area contributed by atoms with Gasteiger partial charge in [-0.25, -0.2) is 9.22 Å². The van der Waals surface area contributed by atoms with E-state index in [0.717, 1.165) is 25.9 Å². The Morgan fingerprint density at radius 2 is 2.00 bits per heavy atom. The van der Waals surface area contributed by atoms with Crippen LogP contribution >= 0.6 is 0 Å². The minimum Gasteiger partial charge on any atom is -0.269 e. The zero-order valence-corrected chi connectivity index (χ0v) is 7.56. The van der Waals surface area contributed by atoms with Crippen LogP contribution in [-0.2, 0) is 9.73 Å². The molecule has 0 aliphatic carbocycles. The molecule has 0 amide bonds. The highest BCUT2D eigenvalue weighted by Crippen LogP contribution is 2.14. The fraction of sp³-hybridized carbons (Fsp3) is 1.00. The van der Waals surface area contributed by atoms with Crippen LogP contribution in [0.25, 0.3) is 0 Å². The van der Waals surface area contributed by atoms with Crippen molar-refractivity contribution in [2.75, 3.05) is 19.3 Å². The summed E-state index contributed by atoms with van der Waals surface area (Å²) in [4.78, 5) is 0. The zero-order chi connectivity index (χ0) is 8.48. The van der Waals surface area contributed by atoms with Gasteiger partial charge in [-0.1, -0.05) is 0 Å². The molecule has 1 aliphatic heterocycles. The molecule has 0 bridgehead atoms. The summed E-state index contributed by atoms with van der Waals surface area (Å²) in [7, 11) is -2.33. The van der Waals surface area contributed by atoms with E-state index in [4.69, 9.17) is 10.6 Å². The third kappa shape index (κ3) is 2.43. The average Bonchev–Trinajstić information content (AvgIpc) is 1.86. The Hall–Kier alpha value is -0.130. The Morgan fingerprint density at radius 1 is 1.55 bits per heavy atom. The van der Waals surface area contributed by atoms with Gasteiger partial charge in [-0.3, -0.25) is 10.6 Å². The normalized spacial score (nSPS) is 28.2. The van der Waals surface area contributed by atoms with Gasteiger partial charge in [-0.15, -0.1) is 0 Å². The van der Waals surface area contributed by atoms with E-state index in [0.29, 0.717) is 0 Å². The second-order valence-corrected chi connectivity index (χ2v) is 5.61. The van der Waals surface area contributed by atoms with E-state index in [-0.39, 0.29) is 5.25 Å². The van der Waals surface area contributed by atoms with E-state index in [1.807, 2.05) is 0 Å². The monoisotopic (exact) mass is 177 g/mol. The standard InChI is InChI=1S/C6H15N3OS/c1-11(8,10)6-2-4-9(7)5-3-6/h6,8H,2-5,7H2,1H3. The topological polar surface area (TPSA) is 70.2 Å². The second-order valence-electron chi connectivity index (χ2n) is 3.14. The SMILES string of the molecule is CS(=N)(=O)C1CCN(N)CC1. The van der Waals surface area contributed by atoms with Crippen LogP contribution in [0.5, 0.6) is 0 Å². The molecule has 1 saturated heterocycles. The molecule has 1 aliphatic rings. The van der Waals surface area contributed by atoms with Crippen LogP contribution < -0.4 is 5.84 Å². The quantitative estimate of drug-likeness (QED) is 0.554. The number of nitrogens with zero attached hydrogens (tertiary/aromatic N) is 1. The van der Waals surface area contributed by atoms with Crippen molar-refractivity contribution in [3.05, 3.63) is 0 Å². The number of hydrazine groups is 1. The lowest BCUT2D eigenvalue weighted by atomic mass is 10.1. The lowest BCUT2D eigenvalue weighted by Gasteiger charge is -2.28. The van der Waals surface area contributed by atoms with E-state index in [1.165, 1.54) is 6.26 Å². The predicted molar refractivity (Wildman–Crippen MR) is 45.6 cm³/mol. The molecular formula is C6H15N3OS. The van der Waals surface area contributed by atoms with E-state index >= 15 is 0 Å². The summed E-state index contributed by atoms with van der Waals surface area (Å²) in [6, 6.07) is 0. The van der Waals surface area contributed by atoms with E-state index in [2.05, 4.69) is 0 Å². The summed E-state index contributed by atoms with van der Waals surface area (Å²) >= 11 is 0. The average molecular weight is 177 g/mol. The maximum absolute atomic E-state index is 11.3. The molecule has 1 rings (SSSR count). The predicted octanol–water partition coefficient (Wildman–Crippen LogP) is 0.00107. The van der Waals surface area contributed by atoms with Gasteiger partial charge in [0.15, 0.2) is 0 Å². The number of hydrogen-bond donors (Lipinski definition) is 2. The zero-order valence-electron chi connectivity index (χ0n) is 6.75. The molecular weight excluding hydrogens is 162 g/mol. The fourth-order valence-electron chi connectivity index (χ4n) is 1.33. The molecule has 0 aromatic rings. The summed E-state index contributed by atoms with van der Waals surface area (Å²) in [6.07, 6.45) is 3.12. The first kappa shape index (κ1) is 8.96. The molecule has 0 saturated carbocycles. The summed E-state index contributed by atoms with van der Waals surface area (Å²) in [5, 5.41) is 1.78. The van der Waals surface area contributed by atoms with Crippen molar-refractivity contribution in [1.82, 2.24) is 5.01 Å². The molecule has 1 atom stereocenters. The van der Waals surface area contributed by atoms with Gasteiger partial charge in [0.2, 0.25) is 0 Å². The Labute approximate surface area is 67.7 Å². The number of nitrogens with two attached hydrogens (primary N) is 1. The van der Waals surface area contributed by atoms with Crippen LogP contribution in [-0.4, -0.2) is 33.8 Å². The van der Waals surface area contributed by atoms with Crippen LogP contribution in [0.3, 0.4) is 0 Å². The Morgan fingerprint density at radius 3 is 2.36 bits per heavy atom. The van der Waals surface area contributed by atoms with Crippen molar-refractivity contribution in [1.29, 1.82) is 4.78 Å². The van der Waals surface area contributed by atoms with Gasteiger partial charge in [-0.05, 0) is 12.8 Å². The van der Waals surface area contributed by atoms with Crippen LogP contribution in [0.2, 0.25) is 0 Å². The number of nitrogens with one attached hydrogen (secondary N) is 1. The maximum atomic E-state index is 11.3. The fourth-order valence-corrected chi connectivity index (χ4v) is 2.44. The maximum Gasteiger partial charge on any atom is 0.0451 e. The summed E-state index contributed by atoms with van der Waals surface area (Å²) in [5.41, 5.74) is 0. The highest BCUT2D eigenvalue weighted by atomic mass is 32.2. The Bertz CT molecular complexity index is 216. The first-order valence-corrected chi connectivity index (χ1v) is 5.75. The molecule has 3 N–H and O–H groups in total. The first-order valence-electron chi connectivity index (χ1n) is 3.72. The summed E-state index contributed by atoms with van der Waals surface area (Å²) < 4.78 is 18.6. The van der Waals surface area contributed by atoms with E-state index in [1.54, 1.807) is 5.01 Å². The van der Waals surface area contributed by atoms with Crippen LogP contribution in [0.15, 0.2) is 0 Å². The van der Waals surface area contributed by atoms with Crippen molar-refractivity contribution in [3.63, 3.8) is 0 Å². The lowest BCUT2D eigenvalue weighted by molar-refractivity contribution is 0.237. The van der Waals surface area contributed by atoms with Gasteiger partial charge in [0.05, 0.1) is 0 Å². The van der Waals surface area contributed by atoms with Crippen LogP contribution in [0.4, 0.5) is 0 Å². The molecule has 11 heavy (non-hydrogen) atoms. The first-order chi connectivity index (χ1) is 5.00. The molecule has 0 radical (unpaired) electrons. The van der Waals surface area contributed by atoms with Crippen LogP contribution in [0, 0.1) is 4.78 Å². The molecule has 0 aromatic carbocycles. The van der Waals surface area contributed by atoms with Crippen molar-refractivity contribution in [3.8, 4) is 0 Å². The van der Waals surface area contributed by atoms with Gasteiger partial charge in [0, 0.05) is 34.3 Å². The second kappa shape index (κ2) is 3.08. The van der Waals surface area contributed by atoms with E-state index in [9.17, 15) is 4.21 Å². The number of rotatable bonds is 1. The molecule has 66 valence electrons. The highest BCUT2D eigenvalue weighted by Gasteiger charge is 2.22. The van der Waals surface area contributed by atoms with Gasteiger partial charge >= 0.3 is 0 Å². The van der Waals surface area contributed by atoms with Crippen molar-refractivity contribution >= 4 is 9.73 Å². The summed E-state index contributed by atoms with van der Waals surface area (Å²) in [5.74, 6) is 5.52. The smallest absolute Gasteiger partial charge is 0.0451 e. The number of hydrogen-bond acceptors (Lipinski definition) is 4. The minimum absolute atomic E-state index is 0.0577. The van der Waals surface area contributed by atoms with Crippen LogP contribution in [0.1, 0.15) is 12.8 Å². The Balaban J connectivity index is 2.53. The minimum atomic E-state index is -2.33. The van der Waals surface area contributed by atoms with Gasteiger partial charge in [0.1, 0.15) is 0 Å². The van der Waals surface area contributed by atoms with Gasteiger partial charge in [0.25, 0.3) is 0 Å². The van der Waals surface area contributed by atoms with Gasteiger partial charge < -0.3 is 0 Å². The molecule has 1 heterocycles. The van der Waals surface area contributed by atoms with Crippen molar-refractivity contribution in [2.45, 2.75) is 18.1 Å².